The zero-order chi connectivity index (χ0) is 23.6. The topological polar surface area (TPSA) is 44.8 Å². The number of hydrogen-bond donors (Lipinski definition) is 0. The molecule has 1 fully saturated rings. The molecule has 0 amide bonds. The summed E-state index contributed by atoms with van der Waals surface area (Å²) in [6.45, 7) is 10.8. The summed E-state index contributed by atoms with van der Waals surface area (Å²) in [7, 11) is 0. The van der Waals surface area contributed by atoms with Gasteiger partial charge in [0.2, 0.25) is 0 Å². The van der Waals surface area contributed by atoms with Crippen LogP contribution in [0.25, 0.3) is 0 Å². The first kappa shape index (κ1) is 22.9. The molecule has 0 spiro atoms. The van der Waals surface area contributed by atoms with Gasteiger partial charge in [-0.25, -0.2) is 0 Å². The van der Waals surface area contributed by atoms with Crippen LogP contribution in [0.15, 0.2) is 78.9 Å². The summed E-state index contributed by atoms with van der Waals surface area (Å²) in [5, 5.41) is 0. The molecule has 0 aromatic heterocycles. The highest BCUT2D eigenvalue weighted by Crippen LogP contribution is 2.54. The quantitative estimate of drug-likeness (QED) is 0.371. The van der Waals surface area contributed by atoms with Gasteiger partial charge in [-0.15, -0.1) is 0 Å². The molecule has 0 heterocycles. The van der Waals surface area contributed by atoms with Crippen molar-refractivity contribution >= 4 is 5.97 Å². The number of benzene rings is 3. The Morgan fingerprint density at radius 3 is 2.18 bits per heavy atom. The number of esters is 1. The lowest BCUT2D eigenvalue weighted by molar-refractivity contribution is -0.147. The Bertz CT molecular complexity index is 1090. The van der Waals surface area contributed by atoms with Crippen LogP contribution in [0.3, 0.4) is 0 Å². The highest BCUT2D eigenvalue weighted by Gasteiger charge is 2.65. The second-order valence-electron chi connectivity index (χ2n) is 10.3. The van der Waals surface area contributed by atoms with E-state index in [2.05, 4.69) is 32.9 Å². The molecule has 2 unspecified atom stereocenters. The van der Waals surface area contributed by atoms with E-state index in [9.17, 15) is 4.79 Å². The molecule has 2 atom stereocenters. The van der Waals surface area contributed by atoms with E-state index < -0.39 is 0 Å². The molecule has 0 N–H and O–H groups in total. The Labute approximate surface area is 196 Å². The molecular weight excluding hydrogens is 412 g/mol. The lowest BCUT2D eigenvalue weighted by atomic mass is 9.87. The maximum absolute atomic E-state index is 12.8. The van der Waals surface area contributed by atoms with Gasteiger partial charge in [-0.1, -0.05) is 77.1 Å². The van der Waals surface area contributed by atoms with Crippen LogP contribution >= 0.6 is 0 Å². The molecule has 0 aliphatic heterocycles. The second kappa shape index (κ2) is 8.93. The molecular formula is C29H32O4. The van der Waals surface area contributed by atoms with E-state index in [4.69, 9.17) is 14.2 Å². The monoisotopic (exact) mass is 444 g/mol. The number of carbonyl (C=O) groups is 1. The second-order valence-corrected chi connectivity index (χ2v) is 10.3. The van der Waals surface area contributed by atoms with Crippen molar-refractivity contribution in [2.75, 3.05) is 0 Å². The normalized spacial score (nSPS) is 18.9. The van der Waals surface area contributed by atoms with E-state index in [-0.39, 0.29) is 35.4 Å². The van der Waals surface area contributed by atoms with Crippen LogP contribution in [0.1, 0.15) is 45.7 Å². The van der Waals surface area contributed by atoms with Crippen molar-refractivity contribution in [2.24, 2.45) is 11.3 Å². The summed E-state index contributed by atoms with van der Waals surface area (Å²) in [5.41, 5.74) is 1.95. The summed E-state index contributed by atoms with van der Waals surface area (Å²) in [5.74, 6) is 1.74. The molecule has 0 radical (unpaired) electrons. The molecule has 0 saturated heterocycles. The molecule has 3 aromatic rings. The third-order valence-electron chi connectivity index (χ3n) is 6.22. The maximum atomic E-state index is 12.8. The summed E-state index contributed by atoms with van der Waals surface area (Å²) in [6.07, 6.45) is -0.196. The van der Waals surface area contributed by atoms with Gasteiger partial charge in [0.25, 0.3) is 0 Å². The van der Waals surface area contributed by atoms with Gasteiger partial charge in [-0.2, -0.15) is 0 Å². The zero-order valence-electron chi connectivity index (χ0n) is 20.0. The predicted molar refractivity (Wildman–Crippen MR) is 130 cm³/mol. The van der Waals surface area contributed by atoms with Gasteiger partial charge in [0.15, 0.2) is 0 Å². The minimum atomic E-state index is -0.288. The molecule has 3 aromatic carbocycles. The lowest BCUT2D eigenvalue weighted by Crippen LogP contribution is -2.13. The molecule has 4 heteroatoms. The summed E-state index contributed by atoms with van der Waals surface area (Å²) >= 11 is 0. The molecule has 33 heavy (non-hydrogen) atoms. The fourth-order valence-corrected chi connectivity index (χ4v) is 3.99. The van der Waals surface area contributed by atoms with Crippen molar-refractivity contribution in [1.82, 2.24) is 0 Å². The highest BCUT2D eigenvalue weighted by molar-refractivity contribution is 5.78. The van der Waals surface area contributed by atoms with Crippen LogP contribution in [-0.4, -0.2) is 12.1 Å². The minimum absolute atomic E-state index is 0.0904. The van der Waals surface area contributed by atoms with Gasteiger partial charge >= 0.3 is 5.97 Å². The Morgan fingerprint density at radius 2 is 1.52 bits per heavy atom. The van der Waals surface area contributed by atoms with Crippen LogP contribution in [0.2, 0.25) is 0 Å². The van der Waals surface area contributed by atoms with E-state index in [0.717, 1.165) is 17.1 Å². The number of ether oxygens (including phenoxy) is 3. The van der Waals surface area contributed by atoms with Gasteiger partial charge in [-0.3, -0.25) is 4.79 Å². The summed E-state index contributed by atoms with van der Waals surface area (Å²) in [4.78, 5) is 12.8. The smallest absolute Gasteiger partial charge is 0.313 e. The maximum Gasteiger partial charge on any atom is 0.313 e. The van der Waals surface area contributed by atoms with Crippen LogP contribution in [0.5, 0.6) is 17.2 Å². The first-order valence-corrected chi connectivity index (χ1v) is 11.4. The largest absolute Gasteiger partial charge is 0.489 e. The molecule has 1 aliphatic rings. The summed E-state index contributed by atoms with van der Waals surface area (Å²) < 4.78 is 17.7. The van der Waals surface area contributed by atoms with Crippen molar-refractivity contribution in [2.45, 2.75) is 52.7 Å². The first-order chi connectivity index (χ1) is 15.6. The minimum Gasteiger partial charge on any atom is -0.489 e. The zero-order valence-corrected chi connectivity index (χ0v) is 20.0. The fraction of sp³-hybridized carbons (Fsp3) is 0.345. The standard InChI is InChI=1S/C29H32O4/c1-28(2,3)21-14-16-23(17-15-21)33-26-25(29(26,4)5)27(30)31-19-20-10-9-13-24(18-20)32-22-11-7-6-8-12-22/h6-18,25-26H,19H2,1-5H3. The predicted octanol–water partition coefficient (Wildman–Crippen LogP) is 6.92. The third kappa shape index (κ3) is 5.39. The van der Waals surface area contributed by atoms with Gasteiger partial charge in [-0.05, 0) is 52.9 Å². The summed E-state index contributed by atoms with van der Waals surface area (Å²) in [6, 6.07) is 25.3. The van der Waals surface area contributed by atoms with Gasteiger partial charge in [0.05, 0.1) is 0 Å². The van der Waals surface area contributed by atoms with Crippen LogP contribution in [0.4, 0.5) is 0 Å². The molecule has 1 saturated carbocycles. The molecule has 172 valence electrons. The first-order valence-electron chi connectivity index (χ1n) is 11.4. The van der Waals surface area contributed by atoms with Crippen molar-refractivity contribution < 1.29 is 19.0 Å². The number of hydrogen-bond acceptors (Lipinski definition) is 4. The van der Waals surface area contributed by atoms with E-state index in [1.165, 1.54) is 5.56 Å². The van der Waals surface area contributed by atoms with E-state index in [0.29, 0.717) is 5.75 Å². The van der Waals surface area contributed by atoms with E-state index in [1.54, 1.807) is 0 Å². The van der Waals surface area contributed by atoms with Crippen LogP contribution in [0, 0.1) is 11.3 Å². The Hall–Kier alpha value is -3.27. The van der Waals surface area contributed by atoms with Crippen molar-refractivity contribution in [3.63, 3.8) is 0 Å². The SMILES string of the molecule is CC(C)(C)c1ccc(OC2C(C(=O)OCc3cccc(Oc4ccccc4)c3)C2(C)C)cc1. The van der Waals surface area contributed by atoms with Crippen molar-refractivity contribution in [3.05, 3.63) is 90.0 Å². The Balaban J connectivity index is 1.34. The van der Waals surface area contributed by atoms with E-state index in [1.807, 2.05) is 80.6 Å². The average Bonchev–Trinajstić information content (AvgIpc) is 3.32. The Morgan fingerprint density at radius 1 is 0.848 bits per heavy atom. The molecule has 1 aliphatic carbocycles. The molecule has 0 bridgehead atoms. The van der Waals surface area contributed by atoms with Gasteiger partial charge < -0.3 is 14.2 Å². The average molecular weight is 445 g/mol. The van der Waals surface area contributed by atoms with Crippen molar-refractivity contribution in [1.29, 1.82) is 0 Å². The fourth-order valence-electron chi connectivity index (χ4n) is 3.99. The van der Waals surface area contributed by atoms with Crippen molar-refractivity contribution in [3.8, 4) is 17.2 Å². The number of rotatable bonds is 7. The highest BCUT2D eigenvalue weighted by atomic mass is 16.5. The van der Waals surface area contributed by atoms with Gasteiger partial charge in [0, 0.05) is 5.41 Å². The van der Waals surface area contributed by atoms with E-state index >= 15 is 0 Å². The van der Waals surface area contributed by atoms with Crippen LogP contribution in [-0.2, 0) is 21.6 Å². The third-order valence-corrected chi connectivity index (χ3v) is 6.22. The van der Waals surface area contributed by atoms with Gasteiger partial charge in [0.1, 0.15) is 35.9 Å². The number of carbonyl (C=O) groups excluding carboxylic acids is 1. The van der Waals surface area contributed by atoms with Crippen LogP contribution < -0.4 is 9.47 Å². The molecule has 4 rings (SSSR count). The lowest BCUT2D eigenvalue weighted by Gasteiger charge is -2.19. The molecule has 4 nitrogen and oxygen atoms in total. The Kier molecular flexibility index (Phi) is 6.20. The number of para-hydroxylation sites is 1.